The summed E-state index contributed by atoms with van der Waals surface area (Å²) in [5.41, 5.74) is -0.937. The summed E-state index contributed by atoms with van der Waals surface area (Å²) >= 11 is 0. The minimum Gasteiger partial charge on any atom is -0.496 e. The van der Waals surface area contributed by atoms with E-state index in [-0.39, 0.29) is 16.9 Å². The summed E-state index contributed by atoms with van der Waals surface area (Å²) in [6.07, 6.45) is 0. The fourth-order valence-corrected chi connectivity index (χ4v) is 2.39. The molecule has 0 saturated carbocycles. The zero-order valence-corrected chi connectivity index (χ0v) is 13.7. The van der Waals surface area contributed by atoms with Crippen LogP contribution < -0.4 is 10.4 Å². The molecule has 0 aliphatic carbocycles. The highest BCUT2D eigenvalue weighted by Gasteiger charge is 2.19. The number of benzene rings is 2. The van der Waals surface area contributed by atoms with Gasteiger partial charge in [0.2, 0.25) is 5.78 Å². The Morgan fingerprint density at radius 2 is 1.85 bits per heavy atom. The normalized spacial score (nSPS) is 10.5. The van der Waals surface area contributed by atoms with Crippen LogP contribution in [-0.2, 0) is 4.74 Å². The zero-order chi connectivity index (χ0) is 18.7. The Morgan fingerprint density at radius 1 is 1.08 bits per heavy atom. The monoisotopic (exact) mass is 356 g/mol. The molecule has 7 heteroatoms. The van der Waals surface area contributed by atoms with Gasteiger partial charge in [0, 0.05) is 5.39 Å². The Kier molecular flexibility index (Phi) is 4.79. The smallest absolute Gasteiger partial charge is 0.351 e. The lowest BCUT2D eigenvalue weighted by molar-refractivity contribution is 0.0470. The van der Waals surface area contributed by atoms with E-state index in [2.05, 4.69) is 0 Å². The first kappa shape index (κ1) is 17.3. The molecule has 132 valence electrons. The lowest BCUT2D eigenvalue weighted by Crippen LogP contribution is -2.20. The van der Waals surface area contributed by atoms with Crippen molar-refractivity contribution in [3.8, 4) is 5.75 Å². The highest BCUT2D eigenvalue weighted by Crippen LogP contribution is 2.20. The number of esters is 1. The number of ketones is 1. The van der Waals surface area contributed by atoms with Crippen LogP contribution in [0.3, 0.4) is 0 Å². The molecule has 0 aliphatic heterocycles. The molecule has 0 amide bonds. The summed E-state index contributed by atoms with van der Waals surface area (Å²) in [6, 6.07) is 11.4. The molecule has 0 N–H and O–H groups in total. The number of Topliss-reactive ketones (excluding diaryl/α,β-unsaturated/α-hetero) is 1. The molecule has 0 spiro atoms. The van der Waals surface area contributed by atoms with Crippen LogP contribution in [0.2, 0.25) is 0 Å². The molecular weight excluding hydrogens is 343 g/mol. The maximum absolute atomic E-state index is 13.3. The first-order valence-corrected chi connectivity index (χ1v) is 7.56. The van der Waals surface area contributed by atoms with Crippen LogP contribution in [0, 0.1) is 5.82 Å². The van der Waals surface area contributed by atoms with E-state index in [1.54, 1.807) is 24.3 Å². The molecule has 0 aliphatic rings. The molecule has 3 aromatic rings. The summed E-state index contributed by atoms with van der Waals surface area (Å²) in [5, 5.41) is 0.539. The van der Waals surface area contributed by atoms with Gasteiger partial charge in [-0.15, -0.1) is 0 Å². The van der Waals surface area contributed by atoms with Gasteiger partial charge < -0.3 is 13.9 Å². The van der Waals surface area contributed by atoms with Gasteiger partial charge in [-0.1, -0.05) is 18.2 Å². The van der Waals surface area contributed by atoms with E-state index in [0.29, 0.717) is 11.0 Å². The largest absolute Gasteiger partial charge is 0.496 e. The maximum atomic E-state index is 13.3. The number of carbonyl (C=O) groups is 2. The molecule has 0 bridgehead atoms. The average Bonchev–Trinajstić information content (AvgIpc) is 2.65. The fraction of sp³-hybridized carbons (Fsp3) is 0.105. The lowest BCUT2D eigenvalue weighted by Gasteiger charge is -2.08. The van der Waals surface area contributed by atoms with Crippen molar-refractivity contribution in [1.29, 1.82) is 0 Å². The van der Waals surface area contributed by atoms with Gasteiger partial charge in [0.15, 0.2) is 6.61 Å². The van der Waals surface area contributed by atoms with Crippen LogP contribution in [0.4, 0.5) is 4.39 Å². The molecule has 1 heterocycles. The van der Waals surface area contributed by atoms with E-state index in [1.165, 1.54) is 19.2 Å². The highest BCUT2D eigenvalue weighted by molar-refractivity contribution is 6.01. The van der Waals surface area contributed by atoms with E-state index in [1.807, 2.05) is 0 Å². The third-order valence-electron chi connectivity index (χ3n) is 3.66. The Morgan fingerprint density at radius 3 is 2.62 bits per heavy atom. The van der Waals surface area contributed by atoms with Crippen molar-refractivity contribution in [2.45, 2.75) is 0 Å². The summed E-state index contributed by atoms with van der Waals surface area (Å²) in [7, 11) is 1.33. The van der Waals surface area contributed by atoms with Crippen molar-refractivity contribution in [3.63, 3.8) is 0 Å². The third-order valence-corrected chi connectivity index (χ3v) is 3.66. The zero-order valence-electron chi connectivity index (χ0n) is 13.7. The van der Waals surface area contributed by atoms with E-state index in [0.717, 1.165) is 12.1 Å². The molecule has 2 aromatic carbocycles. The second-order valence-electron chi connectivity index (χ2n) is 5.33. The molecule has 0 atom stereocenters. The van der Waals surface area contributed by atoms with Gasteiger partial charge in [-0.05, 0) is 30.3 Å². The second-order valence-corrected chi connectivity index (χ2v) is 5.33. The number of hydrogen-bond donors (Lipinski definition) is 0. The number of para-hydroxylation sites is 1. The number of fused-ring (bicyclic) bond motifs is 1. The summed E-state index contributed by atoms with van der Waals surface area (Å²) in [5.74, 6) is -2.15. The summed E-state index contributed by atoms with van der Waals surface area (Å²) in [4.78, 5) is 36.2. The molecule has 26 heavy (non-hydrogen) atoms. The Labute approximate surface area is 146 Å². The molecule has 0 radical (unpaired) electrons. The lowest BCUT2D eigenvalue weighted by atomic mass is 10.1. The van der Waals surface area contributed by atoms with E-state index >= 15 is 0 Å². The van der Waals surface area contributed by atoms with Gasteiger partial charge >= 0.3 is 11.6 Å². The topological polar surface area (TPSA) is 82.8 Å². The van der Waals surface area contributed by atoms with E-state index in [9.17, 15) is 18.8 Å². The van der Waals surface area contributed by atoms with Gasteiger partial charge in [0.1, 0.15) is 22.7 Å². The van der Waals surface area contributed by atoms with Gasteiger partial charge in [-0.3, -0.25) is 4.79 Å². The van der Waals surface area contributed by atoms with E-state index < -0.39 is 29.8 Å². The van der Waals surface area contributed by atoms with E-state index in [4.69, 9.17) is 13.9 Å². The van der Waals surface area contributed by atoms with Gasteiger partial charge in [0.05, 0.1) is 12.7 Å². The number of methoxy groups -OCH3 is 1. The van der Waals surface area contributed by atoms with Crippen LogP contribution in [0.5, 0.6) is 5.75 Å². The molecule has 0 saturated heterocycles. The number of rotatable bonds is 5. The second kappa shape index (κ2) is 7.18. The Bertz CT molecular complexity index is 1050. The first-order valence-electron chi connectivity index (χ1n) is 7.56. The fourth-order valence-electron chi connectivity index (χ4n) is 2.39. The van der Waals surface area contributed by atoms with Crippen LogP contribution in [0.25, 0.3) is 11.0 Å². The number of hydrogen-bond acceptors (Lipinski definition) is 6. The van der Waals surface area contributed by atoms with Crippen molar-refractivity contribution in [1.82, 2.24) is 0 Å². The molecule has 1 aromatic heterocycles. The summed E-state index contributed by atoms with van der Waals surface area (Å²) < 4.78 is 28.3. The van der Waals surface area contributed by atoms with Crippen molar-refractivity contribution in [3.05, 3.63) is 75.9 Å². The maximum Gasteiger partial charge on any atom is 0.351 e. The number of ether oxygens (including phenoxy) is 2. The van der Waals surface area contributed by atoms with Gasteiger partial charge in [-0.25, -0.2) is 14.0 Å². The van der Waals surface area contributed by atoms with Crippen LogP contribution >= 0.6 is 0 Å². The van der Waals surface area contributed by atoms with Gasteiger partial charge in [-0.2, -0.15) is 0 Å². The van der Waals surface area contributed by atoms with Crippen molar-refractivity contribution in [2.75, 3.05) is 13.7 Å². The molecular formula is C19H13FO6. The minimum atomic E-state index is -1.01. The molecule has 0 fully saturated rings. The number of halogens is 1. The van der Waals surface area contributed by atoms with Crippen LogP contribution in [-0.4, -0.2) is 25.5 Å². The standard InChI is InChI=1S/C19H13FO6/c1-24-17-7-6-12(20)9-13(17)15(21)10-25-18(22)14-8-11-4-2-3-5-16(11)26-19(14)23/h2-9H,10H2,1H3. The Hall–Kier alpha value is -3.48. The highest BCUT2D eigenvalue weighted by atomic mass is 19.1. The summed E-state index contributed by atoms with van der Waals surface area (Å²) in [6.45, 7) is -0.676. The first-order chi connectivity index (χ1) is 12.5. The SMILES string of the molecule is COc1ccc(F)cc1C(=O)COC(=O)c1cc2ccccc2oc1=O. The quantitative estimate of drug-likeness (QED) is 0.397. The Balaban J connectivity index is 1.79. The van der Waals surface area contributed by atoms with Gasteiger partial charge in [0.25, 0.3) is 0 Å². The average molecular weight is 356 g/mol. The predicted molar refractivity (Wildman–Crippen MR) is 90.0 cm³/mol. The van der Waals surface area contributed by atoms with Crippen molar-refractivity contribution in [2.24, 2.45) is 0 Å². The van der Waals surface area contributed by atoms with Crippen LogP contribution in [0.15, 0.2) is 57.7 Å². The molecule has 6 nitrogen and oxygen atoms in total. The molecule has 3 rings (SSSR count). The van der Waals surface area contributed by atoms with Crippen molar-refractivity contribution >= 4 is 22.7 Å². The third kappa shape index (κ3) is 3.46. The van der Waals surface area contributed by atoms with Crippen LogP contribution in [0.1, 0.15) is 20.7 Å². The number of carbonyl (C=O) groups excluding carboxylic acids is 2. The predicted octanol–water partition coefficient (Wildman–Crippen LogP) is 2.98. The minimum absolute atomic E-state index is 0.0640. The van der Waals surface area contributed by atoms with Crippen molar-refractivity contribution < 1.29 is 27.9 Å². The molecule has 0 unspecified atom stereocenters.